The summed E-state index contributed by atoms with van der Waals surface area (Å²) in [6.45, 7) is 4.36. The molecule has 0 radical (unpaired) electrons. The first kappa shape index (κ1) is 17.9. The molecule has 2 rings (SSSR count). The van der Waals surface area contributed by atoms with E-state index in [-0.39, 0.29) is 16.5 Å². The van der Waals surface area contributed by atoms with Gasteiger partial charge >= 0.3 is 0 Å². The van der Waals surface area contributed by atoms with E-state index in [4.69, 9.17) is 27.9 Å². The molecule has 4 nitrogen and oxygen atoms in total. The highest BCUT2D eigenvalue weighted by Gasteiger charge is 2.25. The van der Waals surface area contributed by atoms with Gasteiger partial charge in [0.1, 0.15) is 5.75 Å². The molecule has 0 atom stereocenters. The van der Waals surface area contributed by atoms with Crippen molar-refractivity contribution in [2.24, 2.45) is 0 Å². The Balaban J connectivity index is 2.45. The first-order valence-electron chi connectivity index (χ1n) is 7.11. The lowest BCUT2D eigenvalue weighted by atomic mass is 10.3. The fraction of sp³-hybridized carbons (Fsp3) is 0.250. The second kappa shape index (κ2) is 7.43. The van der Waals surface area contributed by atoms with Crippen molar-refractivity contribution in [1.82, 2.24) is 0 Å². The van der Waals surface area contributed by atoms with Crippen LogP contribution in [0.25, 0.3) is 0 Å². The van der Waals surface area contributed by atoms with Crippen LogP contribution in [0.1, 0.15) is 13.8 Å². The lowest BCUT2D eigenvalue weighted by Crippen LogP contribution is -2.31. The molecule has 23 heavy (non-hydrogen) atoms. The minimum Gasteiger partial charge on any atom is -0.494 e. The van der Waals surface area contributed by atoms with Gasteiger partial charge in [-0.3, -0.25) is 4.31 Å². The molecule has 0 aromatic heterocycles. The Hall–Kier alpha value is -1.43. The van der Waals surface area contributed by atoms with E-state index in [1.807, 2.05) is 6.92 Å². The van der Waals surface area contributed by atoms with E-state index >= 15 is 0 Å². The molecule has 0 N–H and O–H groups in total. The average Bonchev–Trinajstić information content (AvgIpc) is 2.53. The second-order valence-electron chi connectivity index (χ2n) is 4.65. The van der Waals surface area contributed by atoms with Gasteiger partial charge < -0.3 is 4.74 Å². The number of benzene rings is 2. The third kappa shape index (κ3) is 3.74. The maximum Gasteiger partial charge on any atom is 0.264 e. The summed E-state index contributed by atoms with van der Waals surface area (Å²) in [6.07, 6.45) is 0. The summed E-state index contributed by atoms with van der Waals surface area (Å²) in [5, 5.41) is 0.523. The highest BCUT2D eigenvalue weighted by atomic mass is 35.5. The van der Waals surface area contributed by atoms with E-state index in [0.29, 0.717) is 23.1 Å². The first-order chi connectivity index (χ1) is 10.9. The minimum absolute atomic E-state index is 0.166. The van der Waals surface area contributed by atoms with Crippen molar-refractivity contribution in [2.75, 3.05) is 17.5 Å². The monoisotopic (exact) mass is 373 g/mol. The smallest absolute Gasteiger partial charge is 0.264 e. The normalized spacial score (nSPS) is 11.3. The van der Waals surface area contributed by atoms with Crippen molar-refractivity contribution < 1.29 is 13.2 Å². The molecular formula is C16H17Cl2NO3S. The molecule has 0 fully saturated rings. The van der Waals surface area contributed by atoms with Crippen LogP contribution in [0.4, 0.5) is 5.69 Å². The number of hydrogen-bond donors (Lipinski definition) is 0. The number of hydrogen-bond acceptors (Lipinski definition) is 3. The van der Waals surface area contributed by atoms with Crippen molar-refractivity contribution in [1.29, 1.82) is 0 Å². The number of anilines is 1. The number of nitrogens with zero attached hydrogens (tertiary/aromatic N) is 1. The molecule has 0 aliphatic heterocycles. The van der Waals surface area contributed by atoms with Gasteiger partial charge in [0.15, 0.2) is 0 Å². The Morgan fingerprint density at radius 1 is 1.04 bits per heavy atom. The molecular weight excluding hydrogens is 357 g/mol. The maximum absolute atomic E-state index is 12.9. The predicted octanol–water partition coefficient (Wildman–Crippen LogP) is 4.61. The molecule has 7 heteroatoms. The van der Waals surface area contributed by atoms with Crippen LogP contribution in [-0.2, 0) is 10.0 Å². The summed E-state index contributed by atoms with van der Waals surface area (Å²) in [7, 11) is -3.74. The van der Waals surface area contributed by atoms with Crippen LogP contribution in [0.3, 0.4) is 0 Å². The van der Waals surface area contributed by atoms with Gasteiger partial charge in [-0.15, -0.1) is 0 Å². The van der Waals surface area contributed by atoms with E-state index < -0.39 is 10.0 Å². The SMILES string of the molecule is CCOc1ccc(S(=O)(=O)N(CC)c2cccc(Cl)c2Cl)cc1. The standard InChI is InChI=1S/C16H17Cl2NO3S/c1-3-19(15-7-5-6-14(17)16(15)18)23(20,21)13-10-8-12(9-11-13)22-4-2/h5-11H,3-4H2,1-2H3. The Bertz CT molecular complexity index is 776. The van der Waals surface area contributed by atoms with Crippen LogP contribution >= 0.6 is 23.2 Å². The average molecular weight is 374 g/mol. The molecule has 0 aliphatic rings. The van der Waals surface area contributed by atoms with Crippen molar-refractivity contribution in [3.63, 3.8) is 0 Å². The van der Waals surface area contributed by atoms with Crippen LogP contribution in [0.5, 0.6) is 5.75 Å². The predicted molar refractivity (Wildman–Crippen MR) is 94.3 cm³/mol. The Morgan fingerprint density at radius 2 is 1.70 bits per heavy atom. The number of ether oxygens (including phenoxy) is 1. The molecule has 0 aliphatic carbocycles. The zero-order valence-electron chi connectivity index (χ0n) is 12.8. The lowest BCUT2D eigenvalue weighted by Gasteiger charge is -2.24. The van der Waals surface area contributed by atoms with Crippen molar-refractivity contribution in [3.05, 3.63) is 52.5 Å². The molecule has 2 aromatic rings. The summed E-state index contributed by atoms with van der Waals surface area (Å²) in [5.74, 6) is 0.621. The third-order valence-electron chi connectivity index (χ3n) is 3.21. The summed E-state index contributed by atoms with van der Waals surface area (Å²) >= 11 is 12.2. The van der Waals surface area contributed by atoms with E-state index in [1.54, 1.807) is 37.3 Å². The third-order valence-corrected chi connectivity index (χ3v) is 5.92. The van der Waals surface area contributed by atoms with Crippen molar-refractivity contribution >= 4 is 38.9 Å². The zero-order valence-corrected chi connectivity index (χ0v) is 15.1. The Kier molecular flexibility index (Phi) is 5.79. The fourth-order valence-electron chi connectivity index (χ4n) is 2.16. The van der Waals surface area contributed by atoms with Gasteiger partial charge in [-0.2, -0.15) is 0 Å². The van der Waals surface area contributed by atoms with Crippen molar-refractivity contribution in [2.45, 2.75) is 18.7 Å². The molecule has 0 saturated carbocycles. The maximum atomic E-state index is 12.9. The van der Waals surface area contributed by atoms with Gasteiger partial charge in [0, 0.05) is 6.54 Å². The topological polar surface area (TPSA) is 46.6 Å². The van der Waals surface area contributed by atoms with Crippen LogP contribution in [-0.4, -0.2) is 21.6 Å². The molecule has 0 heterocycles. The van der Waals surface area contributed by atoms with E-state index in [1.165, 1.54) is 16.4 Å². The van der Waals surface area contributed by atoms with Crippen LogP contribution < -0.4 is 9.04 Å². The number of rotatable bonds is 6. The number of sulfonamides is 1. The molecule has 124 valence electrons. The van der Waals surface area contributed by atoms with Gasteiger partial charge in [0.2, 0.25) is 0 Å². The quantitative estimate of drug-likeness (QED) is 0.742. The van der Waals surface area contributed by atoms with Crippen LogP contribution in [0, 0.1) is 0 Å². The van der Waals surface area contributed by atoms with E-state index in [9.17, 15) is 8.42 Å². The summed E-state index contributed by atoms with van der Waals surface area (Å²) in [4.78, 5) is 0.166. The van der Waals surface area contributed by atoms with Crippen molar-refractivity contribution in [3.8, 4) is 5.75 Å². The molecule has 0 spiro atoms. The molecule has 0 bridgehead atoms. The van der Waals surface area contributed by atoms with E-state index in [0.717, 1.165) is 0 Å². The van der Waals surface area contributed by atoms with Gasteiger partial charge in [0.05, 0.1) is 27.2 Å². The van der Waals surface area contributed by atoms with Crippen LogP contribution in [0.15, 0.2) is 47.4 Å². The van der Waals surface area contributed by atoms with Gasteiger partial charge in [-0.25, -0.2) is 8.42 Å². The molecule has 0 saturated heterocycles. The summed E-state index contributed by atoms with van der Waals surface area (Å²) in [6, 6.07) is 11.2. The Morgan fingerprint density at radius 3 is 2.26 bits per heavy atom. The fourth-order valence-corrected chi connectivity index (χ4v) is 4.09. The highest BCUT2D eigenvalue weighted by molar-refractivity contribution is 7.92. The summed E-state index contributed by atoms with van der Waals surface area (Å²) in [5.41, 5.74) is 0.357. The lowest BCUT2D eigenvalue weighted by molar-refractivity contribution is 0.340. The second-order valence-corrected chi connectivity index (χ2v) is 7.29. The first-order valence-corrected chi connectivity index (χ1v) is 9.31. The van der Waals surface area contributed by atoms with E-state index in [2.05, 4.69) is 0 Å². The van der Waals surface area contributed by atoms with Crippen LogP contribution in [0.2, 0.25) is 10.0 Å². The Labute approximate surface area is 146 Å². The van der Waals surface area contributed by atoms with Gasteiger partial charge in [-0.05, 0) is 50.2 Å². The molecule has 2 aromatic carbocycles. The molecule has 0 amide bonds. The van der Waals surface area contributed by atoms with Gasteiger partial charge in [-0.1, -0.05) is 29.3 Å². The molecule has 0 unspecified atom stereocenters. The zero-order chi connectivity index (χ0) is 17.0. The summed E-state index contributed by atoms with van der Waals surface area (Å²) < 4.78 is 32.3. The van der Waals surface area contributed by atoms with Gasteiger partial charge in [0.25, 0.3) is 10.0 Å². The highest BCUT2D eigenvalue weighted by Crippen LogP contribution is 2.35. The minimum atomic E-state index is -3.74. The number of halogens is 2. The largest absolute Gasteiger partial charge is 0.494 e.